The summed E-state index contributed by atoms with van der Waals surface area (Å²) < 4.78 is 14.7. The Balaban J connectivity index is 1.62. The van der Waals surface area contributed by atoms with Crippen molar-refractivity contribution >= 4 is 11.2 Å². The molecular formula is C17H19FN6. The summed E-state index contributed by atoms with van der Waals surface area (Å²) >= 11 is 0. The number of fused-ring (bicyclic) bond motifs is 1. The smallest absolute Gasteiger partial charge is 0.187 e. The van der Waals surface area contributed by atoms with Crippen molar-refractivity contribution in [3.8, 4) is 5.69 Å². The molecule has 1 aromatic carbocycles. The van der Waals surface area contributed by atoms with E-state index in [1.807, 2.05) is 0 Å². The highest BCUT2D eigenvalue weighted by Crippen LogP contribution is 2.26. The molecular weight excluding hydrogens is 307 g/mol. The molecule has 2 heterocycles. The van der Waals surface area contributed by atoms with E-state index < -0.39 is 0 Å². The highest BCUT2D eigenvalue weighted by molar-refractivity contribution is 5.70. The average Bonchev–Trinajstić information content (AvgIpc) is 3.01. The SMILES string of the molecule is NC1CCC(Cc2ncc3nnn(-c4ccc(F)cc4)c3n2)CC1. The van der Waals surface area contributed by atoms with Gasteiger partial charge in [-0.05, 0) is 55.9 Å². The molecule has 0 amide bonds. The van der Waals surface area contributed by atoms with Gasteiger partial charge in [-0.2, -0.15) is 4.68 Å². The maximum Gasteiger partial charge on any atom is 0.187 e. The molecule has 0 radical (unpaired) electrons. The minimum atomic E-state index is -0.283. The van der Waals surface area contributed by atoms with Gasteiger partial charge >= 0.3 is 0 Å². The quantitative estimate of drug-likeness (QED) is 0.799. The lowest BCUT2D eigenvalue weighted by atomic mass is 9.84. The van der Waals surface area contributed by atoms with E-state index in [-0.39, 0.29) is 5.82 Å². The van der Waals surface area contributed by atoms with Gasteiger partial charge in [0.05, 0.1) is 11.9 Å². The van der Waals surface area contributed by atoms with Crippen molar-refractivity contribution in [1.29, 1.82) is 0 Å². The average molecular weight is 326 g/mol. The van der Waals surface area contributed by atoms with Crippen LogP contribution < -0.4 is 5.73 Å². The van der Waals surface area contributed by atoms with Gasteiger partial charge in [0.1, 0.15) is 11.6 Å². The molecule has 1 aliphatic rings. The number of benzene rings is 1. The Hall–Kier alpha value is -2.41. The van der Waals surface area contributed by atoms with Gasteiger partial charge in [0.15, 0.2) is 11.2 Å². The largest absolute Gasteiger partial charge is 0.328 e. The van der Waals surface area contributed by atoms with Crippen LogP contribution in [0.2, 0.25) is 0 Å². The molecule has 0 spiro atoms. The standard InChI is InChI=1S/C17H19FN6/c18-12-3-7-14(8-4-12)24-17-15(22-23-24)10-20-16(21-17)9-11-1-5-13(19)6-2-11/h3-4,7-8,10-11,13H,1-2,5-6,9,19H2. The Labute approximate surface area is 138 Å². The van der Waals surface area contributed by atoms with Crippen LogP contribution in [0, 0.1) is 11.7 Å². The van der Waals surface area contributed by atoms with Crippen molar-refractivity contribution in [3.05, 3.63) is 42.1 Å². The van der Waals surface area contributed by atoms with Crippen LogP contribution in [0.25, 0.3) is 16.9 Å². The lowest BCUT2D eigenvalue weighted by Gasteiger charge is -2.25. The molecule has 7 heteroatoms. The van der Waals surface area contributed by atoms with Crippen LogP contribution in [0.1, 0.15) is 31.5 Å². The summed E-state index contributed by atoms with van der Waals surface area (Å²) in [6, 6.07) is 6.46. The maximum atomic E-state index is 13.1. The Morgan fingerprint density at radius 1 is 1.12 bits per heavy atom. The van der Waals surface area contributed by atoms with Gasteiger partial charge in [0.2, 0.25) is 0 Å². The van der Waals surface area contributed by atoms with Crippen LogP contribution in [0.4, 0.5) is 4.39 Å². The first-order valence-corrected chi connectivity index (χ1v) is 8.28. The third-order valence-corrected chi connectivity index (χ3v) is 4.68. The Morgan fingerprint density at radius 3 is 2.62 bits per heavy atom. The summed E-state index contributed by atoms with van der Waals surface area (Å²) in [5, 5.41) is 8.21. The fraction of sp³-hybridized carbons (Fsp3) is 0.412. The topological polar surface area (TPSA) is 82.5 Å². The zero-order chi connectivity index (χ0) is 16.5. The van der Waals surface area contributed by atoms with Crippen molar-refractivity contribution in [2.24, 2.45) is 11.7 Å². The number of hydrogen-bond donors (Lipinski definition) is 1. The van der Waals surface area contributed by atoms with Gasteiger partial charge < -0.3 is 5.73 Å². The van der Waals surface area contributed by atoms with Gasteiger partial charge in [-0.15, -0.1) is 5.10 Å². The fourth-order valence-corrected chi connectivity index (χ4v) is 3.27. The third-order valence-electron chi connectivity index (χ3n) is 4.68. The molecule has 2 aromatic heterocycles. The van der Waals surface area contributed by atoms with Gasteiger partial charge in [-0.1, -0.05) is 5.21 Å². The molecule has 6 nitrogen and oxygen atoms in total. The molecule has 4 rings (SSSR count). The van der Waals surface area contributed by atoms with E-state index >= 15 is 0 Å². The number of halogens is 1. The number of nitrogens with two attached hydrogens (primary N) is 1. The van der Waals surface area contributed by atoms with Crippen LogP contribution in [-0.2, 0) is 6.42 Å². The van der Waals surface area contributed by atoms with Crippen molar-refractivity contribution < 1.29 is 4.39 Å². The van der Waals surface area contributed by atoms with Crippen molar-refractivity contribution in [1.82, 2.24) is 25.0 Å². The second-order valence-corrected chi connectivity index (χ2v) is 6.46. The fourth-order valence-electron chi connectivity index (χ4n) is 3.27. The van der Waals surface area contributed by atoms with E-state index in [0.29, 0.717) is 23.1 Å². The van der Waals surface area contributed by atoms with Crippen LogP contribution in [0.15, 0.2) is 30.5 Å². The molecule has 0 atom stereocenters. The lowest BCUT2D eigenvalue weighted by Crippen LogP contribution is -2.27. The van der Waals surface area contributed by atoms with Crippen LogP contribution in [0.3, 0.4) is 0 Å². The third kappa shape index (κ3) is 2.99. The van der Waals surface area contributed by atoms with Gasteiger partial charge in [-0.25, -0.2) is 14.4 Å². The van der Waals surface area contributed by atoms with Crippen molar-refractivity contribution in [2.75, 3.05) is 0 Å². The minimum absolute atomic E-state index is 0.283. The number of rotatable bonds is 3. The van der Waals surface area contributed by atoms with E-state index in [0.717, 1.165) is 43.6 Å². The van der Waals surface area contributed by atoms with Gasteiger partial charge in [0.25, 0.3) is 0 Å². The molecule has 24 heavy (non-hydrogen) atoms. The molecule has 0 unspecified atom stereocenters. The van der Waals surface area contributed by atoms with Crippen molar-refractivity contribution in [3.63, 3.8) is 0 Å². The van der Waals surface area contributed by atoms with Gasteiger partial charge in [0, 0.05) is 12.5 Å². The van der Waals surface area contributed by atoms with Crippen LogP contribution in [-0.4, -0.2) is 31.0 Å². The van der Waals surface area contributed by atoms with Crippen molar-refractivity contribution in [2.45, 2.75) is 38.1 Å². The van der Waals surface area contributed by atoms with E-state index in [2.05, 4.69) is 20.3 Å². The monoisotopic (exact) mass is 326 g/mol. The Morgan fingerprint density at radius 2 is 1.88 bits per heavy atom. The molecule has 0 saturated heterocycles. The van der Waals surface area contributed by atoms with E-state index in [1.165, 1.54) is 12.1 Å². The van der Waals surface area contributed by atoms with E-state index in [1.54, 1.807) is 23.0 Å². The van der Waals surface area contributed by atoms with E-state index in [9.17, 15) is 4.39 Å². The normalized spacial score (nSPS) is 21.2. The molecule has 0 aliphatic heterocycles. The first-order chi connectivity index (χ1) is 11.7. The second kappa shape index (κ2) is 6.24. The maximum absolute atomic E-state index is 13.1. The molecule has 124 valence electrons. The Bertz CT molecular complexity index is 836. The number of hydrogen-bond acceptors (Lipinski definition) is 5. The summed E-state index contributed by atoms with van der Waals surface area (Å²) in [6.45, 7) is 0. The predicted molar refractivity (Wildman–Crippen MR) is 88.1 cm³/mol. The Kier molecular flexibility index (Phi) is 3.93. The van der Waals surface area contributed by atoms with Crippen LogP contribution in [0.5, 0.6) is 0 Å². The molecule has 1 aliphatic carbocycles. The first-order valence-electron chi connectivity index (χ1n) is 8.28. The number of aromatic nitrogens is 5. The van der Waals surface area contributed by atoms with Crippen LogP contribution >= 0.6 is 0 Å². The summed E-state index contributed by atoms with van der Waals surface area (Å²) in [6.07, 6.45) is 6.94. The molecule has 2 N–H and O–H groups in total. The molecule has 1 fully saturated rings. The summed E-state index contributed by atoms with van der Waals surface area (Å²) in [5.74, 6) is 1.10. The zero-order valence-corrected chi connectivity index (χ0v) is 13.3. The molecule has 1 saturated carbocycles. The lowest BCUT2D eigenvalue weighted by molar-refractivity contribution is 0.321. The molecule has 0 bridgehead atoms. The van der Waals surface area contributed by atoms with Gasteiger partial charge in [-0.3, -0.25) is 0 Å². The molecule has 3 aromatic rings. The van der Waals surface area contributed by atoms with E-state index in [4.69, 9.17) is 5.73 Å². The minimum Gasteiger partial charge on any atom is -0.328 e. The first kappa shape index (κ1) is 15.1. The highest BCUT2D eigenvalue weighted by atomic mass is 19.1. The zero-order valence-electron chi connectivity index (χ0n) is 13.3. The number of nitrogens with zero attached hydrogens (tertiary/aromatic N) is 5. The predicted octanol–water partition coefficient (Wildman–Crippen LogP) is 2.41. The highest BCUT2D eigenvalue weighted by Gasteiger charge is 2.20. The second-order valence-electron chi connectivity index (χ2n) is 6.46. The summed E-state index contributed by atoms with van der Waals surface area (Å²) in [7, 11) is 0. The summed E-state index contributed by atoms with van der Waals surface area (Å²) in [4.78, 5) is 9.07. The summed E-state index contributed by atoms with van der Waals surface area (Å²) in [5.41, 5.74) is 7.98.